The number of carbonyl (C=O) groups is 1. The van der Waals surface area contributed by atoms with E-state index in [1.165, 1.54) is 6.07 Å². The zero-order valence-electron chi connectivity index (χ0n) is 9.67. The Labute approximate surface area is 100 Å². The predicted molar refractivity (Wildman–Crippen MR) is 64.2 cm³/mol. The minimum absolute atomic E-state index is 0.0841. The van der Waals surface area contributed by atoms with Crippen LogP contribution in [-0.2, 0) is 10.0 Å². The molecule has 92 valence electrons. The van der Waals surface area contributed by atoms with E-state index in [1.807, 2.05) is 13.8 Å². The van der Waals surface area contributed by atoms with E-state index in [0.29, 0.717) is 5.69 Å². The van der Waals surface area contributed by atoms with Gasteiger partial charge in [-0.25, -0.2) is 17.5 Å². The van der Waals surface area contributed by atoms with Gasteiger partial charge in [-0.15, -0.1) is 0 Å². The van der Waals surface area contributed by atoms with Crippen molar-refractivity contribution in [3.05, 3.63) is 24.3 Å². The molecule has 1 aromatic carbocycles. The summed E-state index contributed by atoms with van der Waals surface area (Å²) in [7, 11) is -3.71. The van der Waals surface area contributed by atoms with Crippen molar-refractivity contribution >= 4 is 21.7 Å². The molecule has 0 saturated carbocycles. The van der Waals surface area contributed by atoms with Crippen LogP contribution in [-0.4, -0.2) is 25.3 Å². The van der Waals surface area contributed by atoms with Crippen LogP contribution >= 0.6 is 0 Å². The van der Waals surface area contributed by atoms with Gasteiger partial charge in [0.05, 0.1) is 5.69 Å². The third-order valence-electron chi connectivity index (χ3n) is 2.45. The van der Waals surface area contributed by atoms with E-state index in [1.54, 1.807) is 18.2 Å². The minimum atomic E-state index is -3.71. The van der Waals surface area contributed by atoms with Gasteiger partial charge in [0.25, 0.3) is 10.0 Å². The van der Waals surface area contributed by atoms with Crippen molar-refractivity contribution in [1.82, 2.24) is 4.31 Å². The van der Waals surface area contributed by atoms with Crippen molar-refractivity contribution in [2.24, 2.45) is 5.92 Å². The molecule has 5 nitrogen and oxygen atoms in total. The lowest BCUT2D eigenvalue weighted by Gasteiger charge is -2.29. The van der Waals surface area contributed by atoms with Crippen LogP contribution < -0.4 is 5.32 Å². The molecule has 0 saturated heterocycles. The number of carbonyl (C=O) groups excluding carboxylic acids is 1. The lowest BCUT2D eigenvalue weighted by Crippen LogP contribution is -2.45. The number of para-hydroxylation sites is 1. The normalized spacial score (nSPS) is 17.8. The Hall–Kier alpha value is -1.56. The highest BCUT2D eigenvalue weighted by Gasteiger charge is 2.36. The van der Waals surface area contributed by atoms with E-state index >= 15 is 0 Å². The molecule has 1 aliphatic rings. The summed E-state index contributed by atoms with van der Waals surface area (Å²) < 4.78 is 25.3. The van der Waals surface area contributed by atoms with Crippen molar-refractivity contribution in [2.45, 2.75) is 18.7 Å². The Balaban J connectivity index is 2.51. The van der Waals surface area contributed by atoms with E-state index in [2.05, 4.69) is 5.32 Å². The molecule has 6 heteroatoms. The number of amides is 2. The maximum Gasteiger partial charge on any atom is 0.335 e. The van der Waals surface area contributed by atoms with Gasteiger partial charge in [0, 0.05) is 6.54 Å². The van der Waals surface area contributed by atoms with Crippen LogP contribution in [0.2, 0.25) is 0 Å². The first kappa shape index (κ1) is 11.9. The lowest BCUT2D eigenvalue weighted by atomic mass is 10.2. The highest BCUT2D eigenvalue weighted by Crippen LogP contribution is 2.29. The van der Waals surface area contributed by atoms with Gasteiger partial charge in [-0.3, -0.25) is 0 Å². The van der Waals surface area contributed by atoms with Crippen LogP contribution in [0.15, 0.2) is 29.2 Å². The molecule has 1 N–H and O–H groups in total. The average molecular weight is 254 g/mol. The summed E-state index contributed by atoms with van der Waals surface area (Å²) in [5, 5.41) is 2.58. The van der Waals surface area contributed by atoms with E-state index in [9.17, 15) is 13.2 Å². The van der Waals surface area contributed by atoms with E-state index in [0.717, 1.165) is 4.31 Å². The van der Waals surface area contributed by atoms with Crippen molar-refractivity contribution in [2.75, 3.05) is 11.9 Å². The zero-order chi connectivity index (χ0) is 12.6. The monoisotopic (exact) mass is 254 g/mol. The van der Waals surface area contributed by atoms with Crippen LogP contribution in [0, 0.1) is 5.92 Å². The second-order valence-corrected chi connectivity index (χ2v) is 6.19. The topological polar surface area (TPSA) is 66.5 Å². The van der Waals surface area contributed by atoms with Gasteiger partial charge in [-0.05, 0) is 18.1 Å². The molecule has 0 unspecified atom stereocenters. The summed E-state index contributed by atoms with van der Waals surface area (Å²) in [6.45, 7) is 3.91. The van der Waals surface area contributed by atoms with Gasteiger partial charge in [-0.1, -0.05) is 26.0 Å². The van der Waals surface area contributed by atoms with Gasteiger partial charge in [-0.2, -0.15) is 0 Å². The Morgan fingerprint density at radius 2 is 1.94 bits per heavy atom. The van der Waals surface area contributed by atoms with Gasteiger partial charge < -0.3 is 5.32 Å². The molecular formula is C11H14N2O3S. The van der Waals surface area contributed by atoms with E-state index < -0.39 is 16.1 Å². The van der Waals surface area contributed by atoms with Crippen LogP contribution in [0.4, 0.5) is 10.5 Å². The largest absolute Gasteiger partial charge is 0.335 e. The number of nitrogens with zero attached hydrogens (tertiary/aromatic N) is 1. The SMILES string of the molecule is CC(C)CN1C(=O)Nc2ccccc2S1(=O)=O. The highest BCUT2D eigenvalue weighted by atomic mass is 32.2. The number of sulfonamides is 1. The van der Waals surface area contributed by atoms with Gasteiger partial charge >= 0.3 is 6.03 Å². The van der Waals surface area contributed by atoms with Gasteiger partial charge in [0.2, 0.25) is 0 Å². The number of urea groups is 1. The minimum Gasteiger partial charge on any atom is -0.306 e. The maximum absolute atomic E-state index is 12.2. The molecule has 0 spiro atoms. The fourth-order valence-electron chi connectivity index (χ4n) is 1.71. The quantitative estimate of drug-likeness (QED) is 0.876. The molecule has 0 atom stereocenters. The molecule has 2 rings (SSSR count). The molecule has 0 fully saturated rings. The van der Waals surface area contributed by atoms with Crippen molar-refractivity contribution in [3.63, 3.8) is 0 Å². The molecule has 0 bridgehead atoms. The van der Waals surface area contributed by atoms with Crippen molar-refractivity contribution in [3.8, 4) is 0 Å². The first-order valence-electron chi connectivity index (χ1n) is 5.35. The van der Waals surface area contributed by atoms with Gasteiger partial charge in [0.1, 0.15) is 4.90 Å². The number of rotatable bonds is 2. The Morgan fingerprint density at radius 1 is 1.29 bits per heavy atom. The van der Waals surface area contributed by atoms with Gasteiger partial charge in [0.15, 0.2) is 0 Å². The molecule has 1 heterocycles. The lowest BCUT2D eigenvalue weighted by molar-refractivity contribution is 0.231. The molecular weight excluding hydrogens is 240 g/mol. The molecule has 0 aliphatic carbocycles. The Morgan fingerprint density at radius 3 is 2.59 bits per heavy atom. The summed E-state index contributed by atoms with van der Waals surface area (Å²) in [6, 6.07) is 5.82. The summed E-state index contributed by atoms with van der Waals surface area (Å²) in [6.07, 6.45) is 0. The fourth-order valence-corrected chi connectivity index (χ4v) is 3.36. The third kappa shape index (κ3) is 2.00. The van der Waals surface area contributed by atoms with E-state index in [4.69, 9.17) is 0 Å². The summed E-state index contributed by atoms with van der Waals surface area (Å²) in [5.41, 5.74) is 0.345. The number of fused-ring (bicyclic) bond motifs is 1. The summed E-state index contributed by atoms with van der Waals surface area (Å²) in [4.78, 5) is 11.9. The van der Waals surface area contributed by atoms with Crippen LogP contribution in [0.5, 0.6) is 0 Å². The van der Waals surface area contributed by atoms with Crippen LogP contribution in [0.1, 0.15) is 13.8 Å². The van der Waals surface area contributed by atoms with Crippen LogP contribution in [0.25, 0.3) is 0 Å². The zero-order valence-corrected chi connectivity index (χ0v) is 10.5. The number of anilines is 1. The Kier molecular flexibility index (Phi) is 2.82. The second-order valence-electron chi connectivity index (χ2n) is 4.36. The second kappa shape index (κ2) is 4.03. The Bertz CT molecular complexity index is 552. The third-order valence-corrected chi connectivity index (χ3v) is 4.26. The molecule has 1 aliphatic heterocycles. The molecule has 1 aromatic rings. The molecule has 2 amide bonds. The number of nitrogens with one attached hydrogen (secondary N) is 1. The maximum atomic E-state index is 12.2. The van der Waals surface area contributed by atoms with E-state index in [-0.39, 0.29) is 17.4 Å². The van der Waals surface area contributed by atoms with Crippen LogP contribution in [0.3, 0.4) is 0 Å². The number of hydrogen-bond donors (Lipinski definition) is 1. The van der Waals surface area contributed by atoms with Crippen molar-refractivity contribution < 1.29 is 13.2 Å². The molecule has 0 aromatic heterocycles. The summed E-state index contributed by atoms with van der Waals surface area (Å²) >= 11 is 0. The highest BCUT2D eigenvalue weighted by molar-refractivity contribution is 7.90. The molecule has 17 heavy (non-hydrogen) atoms. The predicted octanol–water partition coefficient (Wildman–Crippen LogP) is 1.88. The van der Waals surface area contributed by atoms with Crippen molar-refractivity contribution in [1.29, 1.82) is 0 Å². The number of benzene rings is 1. The first-order chi connectivity index (χ1) is 7.93. The molecule has 0 radical (unpaired) electrons. The standard InChI is InChI=1S/C11H14N2O3S/c1-8(2)7-13-11(14)12-9-5-3-4-6-10(9)17(13,15)16/h3-6,8H,7H2,1-2H3,(H,12,14). The first-order valence-corrected chi connectivity index (χ1v) is 6.79. The number of hydrogen-bond acceptors (Lipinski definition) is 3. The summed E-state index contributed by atoms with van der Waals surface area (Å²) in [5.74, 6) is 0.0841. The fraction of sp³-hybridized carbons (Fsp3) is 0.364. The smallest absolute Gasteiger partial charge is 0.306 e. The average Bonchev–Trinajstić information content (AvgIpc) is 2.24.